The second-order valence-corrected chi connectivity index (χ2v) is 5.03. The van der Waals surface area contributed by atoms with Crippen LogP contribution < -0.4 is 0 Å². The summed E-state index contributed by atoms with van der Waals surface area (Å²) in [5.74, 6) is 1.13. The first-order chi connectivity index (χ1) is 9.11. The Labute approximate surface area is 115 Å². The molecule has 2 aromatic rings. The molecule has 2 rings (SSSR count). The normalized spacial score (nSPS) is 10.7. The molecule has 0 atom stereocenters. The van der Waals surface area contributed by atoms with E-state index < -0.39 is 0 Å². The van der Waals surface area contributed by atoms with E-state index >= 15 is 0 Å². The molecule has 1 N–H and O–H groups in total. The second kappa shape index (κ2) is 5.99. The SMILES string of the molecule is Cc1oc(-c2ccsc2)nc1CC(=O)N(C)CCO. The molecule has 0 saturated carbocycles. The van der Waals surface area contributed by atoms with Crippen LogP contribution in [0.3, 0.4) is 0 Å². The summed E-state index contributed by atoms with van der Waals surface area (Å²) in [5, 5.41) is 12.7. The van der Waals surface area contributed by atoms with E-state index in [0.717, 1.165) is 5.56 Å². The van der Waals surface area contributed by atoms with Crippen molar-refractivity contribution in [3.05, 3.63) is 28.3 Å². The van der Waals surface area contributed by atoms with Crippen molar-refractivity contribution in [3.63, 3.8) is 0 Å². The Bertz CT molecular complexity index is 548. The number of likely N-dealkylation sites (N-methyl/N-ethyl adjacent to an activating group) is 1. The zero-order valence-corrected chi connectivity index (χ0v) is 11.7. The van der Waals surface area contributed by atoms with E-state index in [4.69, 9.17) is 9.52 Å². The lowest BCUT2D eigenvalue weighted by molar-refractivity contribution is -0.129. The van der Waals surface area contributed by atoms with E-state index in [1.807, 2.05) is 16.8 Å². The molecule has 0 aliphatic carbocycles. The van der Waals surface area contributed by atoms with Gasteiger partial charge in [-0.1, -0.05) is 0 Å². The highest BCUT2D eigenvalue weighted by atomic mass is 32.1. The van der Waals surface area contributed by atoms with Crippen LogP contribution in [0.25, 0.3) is 11.5 Å². The summed E-state index contributed by atoms with van der Waals surface area (Å²) in [6.45, 7) is 2.09. The van der Waals surface area contributed by atoms with E-state index in [2.05, 4.69) is 4.98 Å². The van der Waals surface area contributed by atoms with Crippen LogP contribution in [0.1, 0.15) is 11.5 Å². The number of aryl methyl sites for hydroxylation is 1. The van der Waals surface area contributed by atoms with Gasteiger partial charge in [-0.05, 0) is 18.4 Å². The van der Waals surface area contributed by atoms with Crippen molar-refractivity contribution in [2.45, 2.75) is 13.3 Å². The Morgan fingerprint density at radius 3 is 3.00 bits per heavy atom. The lowest BCUT2D eigenvalue weighted by Gasteiger charge is -2.14. The molecule has 2 heterocycles. The summed E-state index contributed by atoms with van der Waals surface area (Å²) in [7, 11) is 1.66. The van der Waals surface area contributed by atoms with Crippen LogP contribution in [0.4, 0.5) is 0 Å². The zero-order chi connectivity index (χ0) is 13.8. The first-order valence-corrected chi connectivity index (χ1v) is 6.89. The molecule has 6 heteroatoms. The topological polar surface area (TPSA) is 66.6 Å². The van der Waals surface area contributed by atoms with Gasteiger partial charge >= 0.3 is 0 Å². The van der Waals surface area contributed by atoms with Crippen LogP contribution in [-0.4, -0.2) is 41.1 Å². The molecular weight excluding hydrogens is 264 g/mol. The van der Waals surface area contributed by atoms with Gasteiger partial charge in [0.1, 0.15) is 5.76 Å². The van der Waals surface area contributed by atoms with Crippen LogP contribution in [0.15, 0.2) is 21.2 Å². The predicted molar refractivity (Wildman–Crippen MR) is 73.0 cm³/mol. The first kappa shape index (κ1) is 13.8. The van der Waals surface area contributed by atoms with Gasteiger partial charge in [0, 0.05) is 24.5 Å². The fourth-order valence-electron chi connectivity index (χ4n) is 1.65. The molecule has 0 unspecified atom stereocenters. The van der Waals surface area contributed by atoms with Crippen LogP contribution in [0.2, 0.25) is 0 Å². The molecule has 1 amide bonds. The summed E-state index contributed by atoms with van der Waals surface area (Å²) in [5.41, 5.74) is 1.58. The van der Waals surface area contributed by atoms with E-state index in [0.29, 0.717) is 23.9 Å². The van der Waals surface area contributed by atoms with E-state index in [1.54, 1.807) is 25.3 Å². The molecule has 0 saturated heterocycles. The third-order valence-electron chi connectivity index (χ3n) is 2.84. The van der Waals surface area contributed by atoms with Crippen molar-refractivity contribution < 1.29 is 14.3 Å². The summed E-state index contributed by atoms with van der Waals surface area (Å²) in [6, 6.07) is 1.93. The highest BCUT2D eigenvalue weighted by Crippen LogP contribution is 2.24. The maximum Gasteiger partial charge on any atom is 0.228 e. The maximum absolute atomic E-state index is 11.9. The third kappa shape index (κ3) is 3.21. The number of carbonyl (C=O) groups excluding carboxylic acids is 1. The summed E-state index contributed by atoms with van der Waals surface area (Å²) < 4.78 is 5.58. The standard InChI is InChI=1S/C13H16N2O3S/c1-9-11(7-12(17)15(2)4-5-16)14-13(18-9)10-3-6-19-8-10/h3,6,8,16H,4-5,7H2,1-2H3. The molecule has 0 fully saturated rings. The summed E-state index contributed by atoms with van der Waals surface area (Å²) in [4.78, 5) is 17.7. The molecular formula is C13H16N2O3S. The molecule has 5 nitrogen and oxygen atoms in total. The van der Waals surface area contributed by atoms with E-state index in [9.17, 15) is 4.79 Å². The maximum atomic E-state index is 11.9. The quantitative estimate of drug-likeness (QED) is 0.905. The summed E-state index contributed by atoms with van der Waals surface area (Å²) in [6.07, 6.45) is 0.190. The van der Waals surface area contributed by atoms with Gasteiger partial charge in [-0.3, -0.25) is 4.79 Å². The van der Waals surface area contributed by atoms with Crippen molar-refractivity contribution in [1.82, 2.24) is 9.88 Å². The Hall–Kier alpha value is -1.66. The molecule has 0 bridgehead atoms. The van der Waals surface area contributed by atoms with Gasteiger partial charge in [-0.15, -0.1) is 0 Å². The molecule has 0 aliphatic heterocycles. The highest BCUT2D eigenvalue weighted by Gasteiger charge is 2.16. The van der Waals surface area contributed by atoms with Gasteiger partial charge in [0.15, 0.2) is 0 Å². The highest BCUT2D eigenvalue weighted by molar-refractivity contribution is 7.08. The molecule has 2 aromatic heterocycles. The van der Waals surface area contributed by atoms with Gasteiger partial charge in [-0.25, -0.2) is 4.98 Å². The van der Waals surface area contributed by atoms with Crippen LogP contribution in [0.5, 0.6) is 0 Å². The smallest absolute Gasteiger partial charge is 0.228 e. The number of amides is 1. The van der Waals surface area contributed by atoms with Crippen LogP contribution >= 0.6 is 11.3 Å². The molecule has 102 valence electrons. The number of hydrogen-bond acceptors (Lipinski definition) is 5. The largest absolute Gasteiger partial charge is 0.441 e. The van der Waals surface area contributed by atoms with Crippen LogP contribution in [-0.2, 0) is 11.2 Å². The van der Waals surface area contributed by atoms with Gasteiger partial charge in [0.2, 0.25) is 11.8 Å². The molecule has 0 spiro atoms. The fraction of sp³-hybridized carbons (Fsp3) is 0.385. The minimum atomic E-state index is -0.0812. The van der Waals surface area contributed by atoms with Crippen molar-refractivity contribution in [1.29, 1.82) is 0 Å². The zero-order valence-electron chi connectivity index (χ0n) is 10.9. The van der Waals surface area contributed by atoms with Crippen molar-refractivity contribution in [2.75, 3.05) is 20.2 Å². The number of nitrogens with zero attached hydrogens (tertiary/aromatic N) is 2. The number of oxazole rings is 1. The third-order valence-corrected chi connectivity index (χ3v) is 3.52. The van der Waals surface area contributed by atoms with Gasteiger partial charge < -0.3 is 14.4 Å². The Balaban J connectivity index is 2.11. The van der Waals surface area contributed by atoms with Crippen molar-refractivity contribution in [2.24, 2.45) is 0 Å². The number of carbonyl (C=O) groups is 1. The molecule has 19 heavy (non-hydrogen) atoms. The van der Waals surface area contributed by atoms with E-state index in [-0.39, 0.29) is 18.9 Å². The number of aromatic nitrogens is 1. The van der Waals surface area contributed by atoms with Gasteiger partial charge in [-0.2, -0.15) is 11.3 Å². The fourth-order valence-corrected chi connectivity index (χ4v) is 2.28. The monoisotopic (exact) mass is 280 g/mol. The average Bonchev–Trinajstić information content (AvgIpc) is 3.00. The average molecular weight is 280 g/mol. The Kier molecular flexibility index (Phi) is 4.34. The lowest BCUT2D eigenvalue weighted by atomic mass is 10.2. The second-order valence-electron chi connectivity index (χ2n) is 4.25. The minimum absolute atomic E-state index is 0.0415. The number of aliphatic hydroxyl groups is 1. The Morgan fingerprint density at radius 1 is 1.58 bits per heavy atom. The van der Waals surface area contributed by atoms with Gasteiger partial charge in [0.25, 0.3) is 0 Å². The lowest BCUT2D eigenvalue weighted by Crippen LogP contribution is -2.31. The number of rotatable bonds is 5. The van der Waals surface area contributed by atoms with Crippen molar-refractivity contribution >= 4 is 17.2 Å². The van der Waals surface area contributed by atoms with Crippen molar-refractivity contribution in [3.8, 4) is 11.5 Å². The van der Waals surface area contributed by atoms with Crippen LogP contribution in [0, 0.1) is 6.92 Å². The van der Waals surface area contributed by atoms with E-state index in [1.165, 1.54) is 4.90 Å². The number of thiophene rings is 1. The number of aliphatic hydroxyl groups excluding tert-OH is 1. The molecule has 0 aromatic carbocycles. The number of hydrogen-bond donors (Lipinski definition) is 1. The predicted octanol–water partition coefficient (Wildman–Crippen LogP) is 1.70. The molecule has 0 radical (unpaired) electrons. The first-order valence-electron chi connectivity index (χ1n) is 5.95. The summed E-state index contributed by atoms with van der Waals surface area (Å²) >= 11 is 1.57. The minimum Gasteiger partial charge on any atom is -0.441 e. The van der Waals surface area contributed by atoms with Gasteiger partial charge in [0.05, 0.1) is 18.7 Å². The Morgan fingerprint density at radius 2 is 2.37 bits per heavy atom. The molecule has 0 aliphatic rings.